The summed E-state index contributed by atoms with van der Waals surface area (Å²) in [5.41, 5.74) is 8.16. The average Bonchev–Trinajstić information content (AvgIpc) is 3.16. The maximum absolute atomic E-state index is 11.2. The number of aromatic hydroxyl groups is 1. The van der Waals surface area contributed by atoms with Crippen molar-refractivity contribution in [3.63, 3.8) is 0 Å². The van der Waals surface area contributed by atoms with E-state index in [0.717, 1.165) is 23.2 Å². The number of thiazole rings is 1. The van der Waals surface area contributed by atoms with Crippen molar-refractivity contribution in [2.75, 3.05) is 5.73 Å². The van der Waals surface area contributed by atoms with Crippen LogP contribution >= 0.6 is 11.3 Å². The fourth-order valence-corrected chi connectivity index (χ4v) is 3.13. The van der Waals surface area contributed by atoms with Gasteiger partial charge in [0.15, 0.2) is 6.29 Å². The molecule has 3 rings (SSSR count). The van der Waals surface area contributed by atoms with Gasteiger partial charge in [0.2, 0.25) is 5.13 Å². The lowest BCUT2D eigenvalue weighted by Crippen LogP contribution is -1.82. The van der Waals surface area contributed by atoms with Crippen molar-refractivity contribution in [1.29, 1.82) is 0 Å². The van der Waals surface area contributed by atoms with Gasteiger partial charge in [-0.25, -0.2) is 4.98 Å². The zero-order chi connectivity index (χ0) is 21.1. The molecule has 0 saturated heterocycles. The summed E-state index contributed by atoms with van der Waals surface area (Å²) in [4.78, 5) is 16.0. The molecule has 0 aliphatic heterocycles. The number of anilines is 1. The van der Waals surface area contributed by atoms with E-state index in [9.17, 15) is 9.90 Å². The highest BCUT2D eigenvalue weighted by atomic mass is 32.1. The third-order valence-corrected chi connectivity index (χ3v) is 4.86. The van der Waals surface area contributed by atoms with Crippen LogP contribution in [0, 0.1) is 0 Å². The third-order valence-electron chi connectivity index (χ3n) is 3.99. The number of hydrogen-bond acceptors (Lipinski definition) is 7. The predicted octanol–water partition coefficient (Wildman–Crippen LogP) is 6.91. The van der Waals surface area contributed by atoms with Crippen LogP contribution in [-0.2, 0) is 0 Å². The normalized spacial score (nSPS) is 10.6. The van der Waals surface area contributed by atoms with Crippen LogP contribution in [0.2, 0.25) is 0 Å². The molecule has 0 aliphatic rings. The molecule has 2 aromatic carbocycles. The second-order valence-electron chi connectivity index (χ2n) is 6.37. The van der Waals surface area contributed by atoms with Crippen LogP contribution in [0.1, 0.15) is 49.2 Å². The maximum atomic E-state index is 11.2. The van der Waals surface area contributed by atoms with E-state index >= 15 is 0 Å². The van der Waals surface area contributed by atoms with Gasteiger partial charge in [0.25, 0.3) is 0 Å². The first kappa shape index (κ1) is 22.2. The molecule has 6 nitrogen and oxygen atoms in total. The molecule has 3 aromatic rings. The summed E-state index contributed by atoms with van der Waals surface area (Å²) in [6, 6.07) is 13.4. The van der Waals surface area contributed by atoms with E-state index in [1.807, 2.05) is 0 Å². The lowest BCUT2D eigenvalue weighted by molar-refractivity contribution is 0.112. The molecule has 0 unspecified atom stereocenters. The number of azo groups is 1. The molecule has 0 aliphatic carbocycles. The third kappa shape index (κ3) is 7.12. The summed E-state index contributed by atoms with van der Waals surface area (Å²) in [5.74, 6) is 0.153. The molecule has 0 fully saturated rings. The minimum absolute atomic E-state index is 0.153. The number of carbonyl (C=O) groups is 1. The van der Waals surface area contributed by atoms with Crippen molar-refractivity contribution in [1.82, 2.24) is 4.98 Å². The molecule has 152 valence electrons. The fraction of sp³-hybridized carbons (Fsp3) is 0.273. The second kappa shape index (κ2) is 11.7. The summed E-state index contributed by atoms with van der Waals surface area (Å²) in [6.07, 6.45) is 6.27. The monoisotopic (exact) mass is 410 g/mol. The summed E-state index contributed by atoms with van der Waals surface area (Å²) in [6.45, 7) is 4.46. The molecular formula is C22H26N4O2S. The van der Waals surface area contributed by atoms with Gasteiger partial charge in [-0.1, -0.05) is 50.9 Å². The summed E-state index contributed by atoms with van der Waals surface area (Å²) < 4.78 is 0. The number of nitrogens with zero attached hydrogens (tertiary/aromatic N) is 3. The number of nitrogen functional groups attached to an aromatic ring is 1. The van der Waals surface area contributed by atoms with Crippen molar-refractivity contribution in [2.45, 2.75) is 39.5 Å². The van der Waals surface area contributed by atoms with Gasteiger partial charge < -0.3 is 10.8 Å². The first-order chi connectivity index (χ1) is 14.1. The number of aldehydes is 1. The van der Waals surface area contributed by atoms with E-state index in [4.69, 9.17) is 5.73 Å². The Bertz CT molecular complexity index is 915. The fourth-order valence-electron chi connectivity index (χ4n) is 2.41. The number of phenols is 1. The van der Waals surface area contributed by atoms with Crippen molar-refractivity contribution in [3.8, 4) is 17.0 Å². The summed E-state index contributed by atoms with van der Waals surface area (Å²) in [5, 5.41) is 17.9. The molecule has 0 atom stereocenters. The lowest BCUT2D eigenvalue weighted by Gasteiger charge is -1.97. The Hall–Kier alpha value is -3.06. The molecule has 0 spiro atoms. The minimum atomic E-state index is 0.153. The van der Waals surface area contributed by atoms with E-state index in [2.05, 4.69) is 29.1 Å². The average molecular weight is 411 g/mol. The highest BCUT2D eigenvalue weighted by molar-refractivity contribution is 7.17. The van der Waals surface area contributed by atoms with E-state index in [-0.39, 0.29) is 5.75 Å². The van der Waals surface area contributed by atoms with E-state index in [1.165, 1.54) is 25.7 Å². The second-order valence-corrected chi connectivity index (χ2v) is 7.38. The molecule has 0 saturated carbocycles. The number of hydrogen-bond donors (Lipinski definition) is 2. The molecular weight excluding hydrogens is 384 g/mol. The van der Waals surface area contributed by atoms with Crippen LogP contribution in [0.3, 0.4) is 0 Å². The highest BCUT2D eigenvalue weighted by Gasteiger charge is 2.12. The molecule has 3 N–H and O–H groups in total. The van der Waals surface area contributed by atoms with Crippen LogP contribution < -0.4 is 5.73 Å². The Kier molecular flexibility index (Phi) is 8.98. The van der Waals surface area contributed by atoms with Crippen molar-refractivity contribution in [3.05, 3.63) is 53.4 Å². The number of benzene rings is 2. The van der Waals surface area contributed by atoms with E-state index in [1.54, 1.807) is 48.5 Å². The zero-order valence-electron chi connectivity index (χ0n) is 16.7. The Morgan fingerprint density at radius 3 is 2.17 bits per heavy atom. The van der Waals surface area contributed by atoms with Gasteiger partial charge >= 0.3 is 0 Å². The summed E-state index contributed by atoms with van der Waals surface area (Å²) in [7, 11) is 0. The first-order valence-electron chi connectivity index (χ1n) is 9.60. The molecule has 0 radical (unpaired) electrons. The van der Waals surface area contributed by atoms with Gasteiger partial charge in [-0.3, -0.25) is 4.79 Å². The molecule has 7 heteroatoms. The van der Waals surface area contributed by atoms with Crippen molar-refractivity contribution < 1.29 is 9.90 Å². The number of rotatable bonds is 7. The predicted molar refractivity (Wildman–Crippen MR) is 119 cm³/mol. The van der Waals surface area contributed by atoms with Crippen molar-refractivity contribution >= 4 is 34.1 Å². The largest absolute Gasteiger partial charge is 0.508 e. The molecule has 0 amide bonds. The van der Waals surface area contributed by atoms with Crippen LogP contribution in [0.25, 0.3) is 11.3 Å². The van der Waals surface area contributed by atoms with Gasteiger partial charge in [0.05, 0.1) is 16.3 Å². The number of unbranched alkanes of at least 4 members (excludes halogenated alkanes) is 3. The molecule has 29 heavy (non-hydrogen) atoms. The van der Waals surface area contributed by atoms with Crippen molar-refractivity contribution in [2.24, 2.45) is 10.2 Å². The van der Waals surface area contributed by atoms with Gasteiger partial charge in [0.1, 0.15) is 5.75 Å². The van der Waals surface area contributed by atoms with Gasteiger partial charge in [-0.15, -0.1) is 10.2 Å². The highest BCUT2D eigenvalue weighted by Crippen LogP contribution is 2.33. The van der Waals surface area contributed by atoms with Gasteiger partial charge in [0, 0.05) is 11.3 Å². The maximum Gasteiger partial charge on any atom is 0.231 e. The van der Waals surface area contributed by atoms with Crippen LogP contribution in [-0.4, -0.2) is 16.4 Å². The molecule has 1 heterocycles. The Morgan fingerprint density at radius 1 is 1.00 bits per heavy atom. The number of nitrogens with two attached hydrogens (primary N) is 1. The smallest absolute Gasteiger partial charge is 0.231 e. The van der Waals surface area contributed by atoms with Gasteiger partial charge in [-0.2, -0.15) is 0 Å². The molecule has 0 bridgehead atoms. The lowest BCUT2D eigenvalue weighted by atomic mass is 10.1. The number of phenolic OH excluding ortho intramolecular Hbond substituents is 1. The minimum Gasteiger partial charge on any atom is -0.508 e. The standard InChI is InChI=1S/C16H12N4O2S.C6H14/c17-11-3-5-12(6-4-11)19-20-16-18-15(14(9-21)23-16)10-1-7-13(22)8-2-10;1-3-5-6-4-2/h1-9,22H,17H2;3-6H2,1-2H3. The Morgan fingerprint density at radius 2 is 1.62 bits per heavy atom. The Labute approximate surface area is 175 Å². The van der Waals surface area contributed by atoms with Gasteiger partial charge in [-0.05, 0) is 48.5 Å². The van der Waals surface area contributed by atoms with Crippen LogP contribution in [0.4, 0.5) is 16.5 Å². The van der Waals surface area contributed by atoms with E-state index < -0.39 is 0 Å². The Balaban J connectivity index is 0.000000438. The van der Waals surface area contributed by atoms with Crippen LogP contribution in [0.15, 0.2) is 58.8 Å². The SMILES string of the molecule is CCCCCC.Nc1ccc(N=Nc2nc(-c3ccc(O)cc3)c(C=O)s2)cc1. The zero-order valence-corrected chi connectivity index (χ0v) is 17.5. The number of aromatic nitrogens is 1. The van der Waals surface area contributed by atoms with Crippen LogP contribution in [0.5, 0.6) is 5.75 Å². The topological polar surface area (TPSA) is 101 Å². The summed E-state index contributed by atoms with van der Waals surface area (Å²) >= 11 is 1.15. The first-order valence-corrected chi connectivity index (χ1v) is 10.4. The van der Waals surface area contributed by atoms with E-state index in [0.29, 0.717) is 27.1 Å². The molecule has 1 aromatic heterocycles. The number of carbonyl (C=O) groups excluding carboxylic acids is 1. The quantitative estimate of drug-likeness (QED) is 0.191.